The third-order valence-corrected chi connectivity index (χ3v) is 3.64. The number of hydrogen-bond donors (Lipinski definition) is 3. The summed E-state index contributed by atoms with van der Waals surface area (Å²) in [7, 11) is 1.49. The Morgan fingerprint density at radius 3 is 2.68 bits per heavy atom. The van der Waals surface area contributed by atoms with E-state index in [9.17, 15) is 14.9 Å². The molecule has 0 aliphatic carbocycles. The normalized spacial score (nSPS) is 11.3. The van der Waals surface area contributed by atoms with Crippen LogP contribution in [0.4, 0.5) is 0 Å². The van der Waals surface area contributed by atoms with Gasteiger partial charge in [0.15, 0.2) is 5.75 Å². The summed E-state index contributed by atoms with van der Waals surface area (Å²) in [6, 6.07) is 10.7. The van der Waals surface area contributed by atoms with E-state index in [1.54, 1.807) is 32.0 Å². The molecule has 2 aromatic rings. The fourth-order valence-electron chi connectivity index (χ4n) is 2.41. The monoisotopic (exact) mass is 340 g/mol. The molecule has 0 unspecified atom stereocenters. The highest BCUT2D eigenvalue weighted by Crippen LogP contribution is 2.28. The van der Waals surface area contributed by atoms with Gasteiger partial charge in [-0.15, -0.1) is 0 Å². The lowest BCUT2D eigenvalue weighted by Crippen LogP contribution is -2.23. The highest BCUT2D eigenvalue weighted by molar-refractivity contribution is 5.99. The molecule has 3 N–H and O–H groups in total. The number of rotatable bonds is 6. The molecular formula is C18H20N4O3. The van der Waals surface area contributed by atoms with Gasteiger partial charge >= 0.3 is 0 Å². The fraction of sp³-hybridized carbons (Fsp3) is 0.278. The molecule has 7 heteroatoms. The van der Waals surface area contributed by atoms with Crippen molar-refractivity contribution in [3.05, 3.63) is 52.8 Å². The lowest BCUT2D eigenvalue weighted by molar-refractivity contribution is 0.0951. The lowest BCUT2D eigenvalue weighted by atomic mass is 10.0. The van der Waals surface area contributed by atoms with Gasteiger partial charge in [-0.05, 0) is 19.9 Å². The number of aromatic nitrogens is 1. The summed E-state index contributed by atoms with van der Waals surface area (Å²) in [5.41, 5.74) is 1.59. The number of carbonyl (C=O) groups excluding carboxylic acids is 2. The number of hydrogen-bond acceptors (Lipinski definition) is 4. The standard InChI is InChI=1S/C18H20N4O3/c1-4-21-17(23)14-9-15(16(22-14)18(24)20-3)25-11(2)13-8-6-5-7-12(13)10-19/h5-9,11,22H,4H2,1-3H3,(H,20,24)(H,21,23)/t11-/m0/s1. The van der Waals surface area contributed by atoms with Crippen molar-refractivity contribution in [3.63, 3.8) is 0 Å². The van der Waals surface area contributed by atoms with E-state index in [1.165, 1.54) is 13.1 Å². The maximum Gasteiger partial charge on any atom is 0.271 e. The summed E-state index contributed by atoms with van der Waals surface area (Å²) in [5.74, 6) is -0.472. The van der Waals surface area contributed by atoms with E-state index in [1.807, 2.05) is 6.07 Å². The van der Waals surface area contributed by atoms with Crippen molar-refractivity contribution in [2.75, 3.05) is 13.6 Å². The van der Waals surface area contributed by atoms with Crippen molar-refractivity contribution in [2.45, 2.75) is 20.0 Å². The molecule has 0 aliphatic heterocycles. The number of benzene rings is 1. The Labute approximate surface area is 146 Å². The summed E-state index contributed by atoms with van der Waals surface area (Å²) < 4.78 is 5.88. The van der Waals surface area contributed by atoms with E-state index in [4.69, 9.17) is 4.74 Å². The number of amides is 2. The van der Waals surface area contributed by atoms with Crippen molar-refractivity contribution in [1.82, 2.24) is 15.6 Å². The minimum Gasteiger partial charge on any atom is -0.483 e. The second kappa shape index (κ2) is 8.02. The summed E-state index contributed by atoms with van der Waals surface area (Å²) >= 11 is 0. The van der Waals surface area contributed by atoms with E-state index in [0.29, 0.717) is 17.7 Å². The molecule has 0 fully saturated rings. The van der Waals surface area contributed by atoms with Crippen LogP contribution < -0.4 is 15.4 Å². The number of aromatic amines is 1. The van der Waals surface area contributed by atoms with Crippen molar-refractivity contribution >= 4 is 11.8 Å². The van der Waals surface area contributed by atoms with E-state index in [-0.39, 0.29) is 23.0 Å². The van der Waals surface area contributed by atoms with Crippen LogP contribution in [0.5, 0.6) is 5.75 Å². The van der Waals surface area contributed by atoms with Gasteiger partial charge in [0.1, 0.15) is 17.5 Å². The molecule has 2 rings (SSSR count). The van der Waals surface area contributed by atoms with E-state index in [0.717, 1.165) is 0 Å². The van der Waals surface area contributed by atoms with Gasteiger partial charge in [-0.1, -0.05) is 18.2 Å². The topological polar surface area (TPSA) is 107 Å². The predicted molar refractivity (Wildman–Crippen MR) is 92.4 cm³/mol. The maximum absolute atomic E-state index is 12.1. The number of carbonyl (C=O) groups is 2. The smallest absolute Gasteiger partial charge is 0.271 e. The molecule has 0 spiro atoms. The molecule has 0 aliphatic rings. The molecule has 0 radical (unpaired) electrons. The highest BCUT2D eigenvalue weighted by atomic mass is 16.5. The molecule has 1 heterocycles. The van der Waals surface area contributed by atoms with Gasteiger partial charge in [-0.25, -0.2) is 0 Å². The molecule has 1 atom stereocenters. The first-order valence-corrected chi connectivity index (χ1v) is 7.90. The predicted octanol–water partition coefficient (Wildman–Crippen LogP) is 2.14. The first-order valence-electron chi connectivity index (χ1n) is 7.90. The van der Waals surface area contributed by atoms with Gasteiger partial charge in [-0.2, -0.15) is 5.26 Å². The van der Waals surface area contributed by atoms with Crippen molar-refractivity contribution < 1.29 is 14.3 Å². The Balaban J connectivity index is 2.35. The van der Waals surface area contributed by atoms with Crippen molar-refractivity contribution in [2.24, 2.45) is 0 Å². The zero-order valence-corrected chi connectivity index (χ0v) is 14.3. The second-order valence-corrected chi connectivity index (χ2v) is 5.32. The van der Waals surface area contributed by atoms with Crippen LogP contribution in [0.15, 0.2) is 30.3 Å². The highest BCUT2D eigenvalue weighted by Gasteiger charge is 2.22. The molecule has 25 heavy (non-hydrogen) atoms. The van der Waals surface area contributed by atoms with E-state index in [2.05, 4.69) is 21.7 Å². The molecule has 7 nitrogen and oxygen atoms in total. The summed E-state index contributed by atoms with van der Waals surface area (Å²) in [6.45, 7) is 4.05. The number of nitrogens with zero attached hydrogens (tertiary/aromatic N) is 1. The number of ether oxygens (including phenoxy) is 1. The first-order chi connectivity index (χ1) is 12.0. The van der Waals surface area contributed by atoms with Crippen LogP contribution in [0, 0.1) is 11.3 Å². The average molecular weight is 340 g/mol. The SMILES string of the molecule is CCNC(=O)c1cc(O[C@@H](C)c2ccccc2C#N)c(C(=O)NC)[nH]1. The largest absolute Gasteiger partial charge is 0.483 e. The number of nitriles is 1. The Hall–Kier alpha value is -3.27. The summed E-state index contributed by atoms with van der Waals surface area (Å²) in [5, 5.41) is 14.4. The second-order valence-electron chi connectivity index (χ2n) is 5.32. The maximum atomic E-state index is 12.1. The van der Waals surface area contributed by atoms with Gasteiger partial charge in [-0.3, -0.25) is 9.59 Å². The number of H-pyrrole nitrogens is 1. The van der Waals surface area contributed by atoms with Gasteiger partial charge in [0.05, 0.1) is 11.6 Å². The third-order valence-electron chi connectivity index (χ3n) is 3.64. The Kier molecular flexibility index (Phi) is 5.79. The molecule has 0 bridgehead atoms. The molecule has 0 saturated heterocycles. The first kappa shape index (κ1) is 18.1. The van der Waals surface area contributed by atoms with Crippen molar-refractivity contribution in [1.29, 1.82) is 5.26 Å². The van der Waals surface area contributed by atoms with Crippen LogP contribution in [0.25, 0.3) is 0 Å². The Morgan fingerprint density at radius 2 is 2.04 bits per heavy atom. The van der Waals surface area contributed by atoms with Crippen LogP contribution in [-0.4, -0.2) is 30.4 Å². The van der Waals surface area contributed by atoms with Crippen LogP contribution in [-0.2, 0) is 0 Å². The Bertz CT molecular complexity index is 820. The van der Waals surface area contributed by atoms with Gasteiger partial charge in [0, 0.05) is 25.2 Å². The van der Waals surface area contributed by atoms with Crippen LogP contribution in [0.2, 0.25) is 0 Å². The average Bonchev–Trinajstić information content (AvgIpc) is 3.05. The number of nitrogens with one attached hydrogen (secondary N) is 3. The summed E-state index contributed by atoms with van der Waals surface area (Å²) in [4.78, 5) is 26.9. The summed E-state index contributed by atoms with van der Waals surface area (Å²) in [6.07, 6.45) is -0.475. The minimum absolute atomic E-state index is 0.157. The molecule has 2 amide bonds. The van der Waals surface area contributed by atoms with Gasteiger partial charge in [0.25, 0.3) is 11.8 Å². The quantitative estimate of drug-likeness (QED) is 0.749. The molecule has 0 saturated carbocycles. The van der Waals surface area contributed by atoms with Crippen molar-refractivity contribution in [3.8, 4) is 11.8 Å². The molecule has 1 aromatic carbocycles. The van der Waals surface area contributed by atoms with E-state index >= 15 is 0 Å². The van der Waals surface area contributed by atoms with Gasteiger partial charge < -0.3 is 20.4 Å². The van der Waals surface area contributed by atoms with Gasteiger partial charge in [0.2, 0.25) is 0 Å². The minimum atomic E-state index is -0.475. The Morgan fingerprint density at radius 1 is 1.32 bits per heavy atom. The zero-order chi connectivity index (χ0) is 18.4. The molecule has 1 aromatic heterocycles. The molecule has 130 valence electrons. The lowest BCUT2D eigenvalue weighted by Gasteiger charge is -2.16. The third kappa shape index (κ3) is 3.98. The van der Waals surface area contributed by atoms with Crippen LogP contribution >= 0.6 is 0 Å². The molecular weight excluding hydrogens is 320 g/mol. The van der Waals surface area contributed by atoms with E-state index < -0.39 is 12.0 Å². The fourth-order valence-corrected chi connectivity index (χ4v) is 2.41. The zero-order valence-electron chi connectivity index (χ0n) is 14.3. The van der Waals surface area contributed by atoms with Crippen LogP contribution in [0.1, 0.15) is 52.1 Å². The van der Waals surface area contributed by atoms with Crippen LogP contribution in [0.3, 0.4) is 0 Å².